The summed E-state index contributed by atoms with van der Waals surface area (Å²) in [6.45, 7) is 1.97. The van der Waals surface area contributed by atoms with Gasteiger partial charge in [-0.2, -0.15) is 0 Å². The van der Waals surface area contributed by atoms with Gasteiger partial charge in [-0.25, -0.2) is 0 Å². The van der Waals surface area contributed by atoms with Gasteiger partial charge in [-0.3, -0.25) is 4.79 Å². The summed E-state index contributed by atoms with van der Waals surface area (Å²) in [7, 11) is 0. The Morgan fingerprint density at radius 3 is 2.22 bits per heavy atom. The number of carbonyl (C=O) groups is 1. The van der Waals surface area contributed by atoms with Crippen molar-refractivity contribution in [2.24, 2.45) is 0 Å². The van der Waals surface area contributed by atoms with E-state index in [0.717, 1.165) is 16.7 Å². The Kier molecular flexibility index (Phi) is 2.53. The Morgan fingerprint density at radius 1 is 0.944 bits per heavy atom. The number of aliphatic hydroxyl groups is 1. The highest BCUT2D eigenvalue weighted by Gasteiger charge is 2.39. The van der Waals surface area contributed by atoms with Gasteiger partial charge in [0.2, 0.25) is 0 Å². The molecule has 0 heterocycles. The number of ketones is 1. The number of hydrogen-bond acceptors (Lipinski definition) is 2. The third-order valence-corrected chi connectivity index (χ3v) is 3.67. The van der Waals surface area contributed by atoms with Crippen LogP contribution in [-0.2, 0) is 0 Å². The molecule has 0 radical (unpaired) electrons. The van der Waals surface area contributed by atoms with Crippen LogP contribution in [-0.4, -0.2) is 10.9 Å². The van der Waals surface area contributed by atoms with Crippen LogP contribution in [0.15, 0.2) is 48.5 Å². The van der Waals surface area contributed by atoms with Gasteiger partial charge in [0.15, 0.2) is 5.78 Å². The minimum atomic E-state index is -0.727. The minimum absolute atomic E-state index is 0.0207. The van der Waals surface area contributed by atoms with Crippen LogP contribution in [0.5, 0.6) is 0 Å². The summed E-state index contributed by atoms with van der Waals surface area (Å²) in [5, 5.41) is 10.4. The number of fused-ring (bicyclic) bond motifs is 1. The standard InChI is InChI=1S/C16H14O2/c1-10-6-2-3-7-11(10)14-15(17)12-8-4-5-9-13(12)16(14)18/h2-9,14-15,17H,1H3. The Bertz CT molecular complexity index is 616. The quantitative estimate of drug-likeness (QED) is 0.829. The molecule has 3 rings (SSSR count). The average Bonchev–Trinajstić information content (AvgIpc) is 2.64. The molecule has 0 spiro atoms. The molecule has 1 N–H and O–H groups in total. The maximum absolute atomic E-state index is 12.4. The molecule has 0 aromatic heterocycles. The fraction of sp³-hybridized carbons (Fsp3) is 0.188. The second-order valence-corrected chi connectivity index (χ2v) is 4.73. The largest absolute Gasteiger partial charge is 0.387 e. The third kappa shape index (κ3) is 1.50. The topological polar surface area (TPSA) is 37.3 Å². The van der Waals surface area contributed by atoms with Crippen LogP contribution in [0, 0.1) is 6.92 Å². The van der Waals surface area contributed by atoms with Crippen molar-refractivity contribution in [3.05, 3.63) is 70.8 Å². The van der Waals surface area contributed by atoms with Crippen LogP contribution in [0.2, 0.25) is 0 Å². The monoisotopic (exact) mass is 238 g/mol. The predicted molar refractivity (Wildman–Crippen MR) is 69.7 cm³/mol. The van der Waals surface area contributed by atoms with Crippen molar-refractivity contribution >= 4 is 5.78 Å². The number of aryl methyl sites for hydroxylation is 1. The zero-order chi connectivity index (χ0) is 12.7. The molecule has 0 fully saturated rings. The van der Waals surface area contributed by atoms with Gasteiger partial charge in [-0.1, -0.05) is 48.5 Å². The van der Waals surface area contributed by atoms with E-state index in [1.807, 2.05) is 49.4 Å². The van der Waals surface area contributed by atoms with Gasteiger partial charge in [0, 0.05) is 5.56 Å². The summed E-state index contributed by atoms with van der Waals surface area (Å²) in [5.74, 6) is -0.434. The van der Waals surface area contributed by atoms with E-state index in [2.05, 4.69) is 0 Å². The molecule has 2 heteroatoms. The van der Waals surface area contributed by atoms with E-state index in [-0.39, 0.29) is 5.78 Å². The van der Waals surface area contributed by atoms with E-state index in [4.69, 9.17) is 0 Å². The molecule has 0 aliphatic heterocycles. The Labute approximate surface area is 106 Å². The number of carbonyl (C=O) groups excluding carboxylic acids is 1. The van der Waals surface area contributed by atoms with Crippen molar-refractivity contribution < 1.29 is 9.90 Å². The molecule has 1 aliphatic rings. The lowest BCUT2D eigenvalue weighted by Gasteiger charge is -2.16. The number of rotatable bonds is 1. The highest BCUT2D eigenvalue weighted by Crippen LogP contribution is 2.42. The van der Waals surface area contributed by atoms with E-state index in [0.29, 0.717) is 5.56 Å². The van der Waals surface area contributed by atoms with Gasteiger partial charge in [0.1, 0.15) is 0 Å². The number of Topliss-reactive ketones (excluding diaryl/α,β-unsaturated/α-hetero) is 1. The zero-order valence-corrected chi connectivity index (χ0v) is 10.1. The maximum Gasteiger partial charge on any atom is 0.173 e. The lowest BCUT2D eigenvalue weighted by Crippen LogP contribution is -2.12. The zero-order valence-electron chi connectivity index (χ0n) is 10.1. The third-order valence-electron chi connectivity index (χ3n) is 3.67. The molecule has 90 valence electrons. The van der Waals surface area contributed by atoms with Crippen molar-refractivity contribution in [2.75, 3.05) is 0 Å². The second kappa shape index (κ2) is 4.07. The molecule has 0 saturated heterocycles. The molecule has 2 atom stereocenters. The Hall–Kier alpha value is -1.93. The van der Waals surface area contributed by atoms with E-state index in [9.17, 15) is 9.90 Å². The van der Waals surface area contributed by atoms with Crippen molar-refractivity contribution in [1.29, 1.82) is 0 Å². The van der Waals surface area contributed by atoms with E-state index < -0.39 is 12.0 Å². The van der Waals surface area contributed by atoms with Gasteiger partial charge in [-0.15, -0.1) is 0 Å². The molecule has 2 nitrogen and oxygen atoms in total. The lowest BCUT2D eigenvalue weighted by atomic mass is 9.90. The molecule has 0 amide bonds. The lowest BCUT2D eigenvalue weighted by molar-refractivity contribution is 0.0871. The van der Waals surface area contributed by atoms with Gasteiger partial charge in [-0.05, 0) is 23.6 Å². The Balaban J connectivity index is 2.13. The average molecular weight is 238 g/mol. The fourth-order valence-corrected chi connectivity index (χ4v) is 2.72. The molecule has 0 bridgehead atoms. The number of hydrogen-bond donors (Lipinski definition) is 1. The van der Waals surface area contributed by atoms with Crippen LogP contribution in [0.4, 0.5) is 0 Å². The summed E-state index contributed by atoms with van der Waals surface area (Å²) in [4.78, 5) is 12.4. The molecule has 18 heavy (non-hydrogen) atoms. The summed E-state index contributed by atoms with van der Waals surface area (Å²) in [5.41, 5.74) is 3.36. The molecule has 0 saturated carbocycles. The normalized spacial score (nSPS) is 22.0. The number of benzene rings is 2. The van der Waals surface area contributed by atoms with Crippen molar-refractivity contribution in [1.82, 2.24) is 0 Å². The van der Waals surface area contributed by atoms with Crippen LogP contribution >= 0.6 is 0 Å². The first-order chi connectivity index (χ1) is 8.70. The van der Waals surface area contributed by atoms with Crippen LogP contribution in [0.25, 0.3) is 0 Å². The molecule has 2 aromatic carbocycles. The van der Waals surface area contributed by atoms with E-state index >= 15 is 0 Å². The first-order valence-electron chi connectivity index (χ1n) is 6.07. The number of aliphatic hydroxyl groups excluding tert-OH is 1. The highest BCUT2D eigenvalue weighted by atomic mass is 16.3. The maximum atomic E-state index is 12.4. The molecule has 1 aliphatic carbocycles. The van der Waals surface area contributed by atoms with Gasteiger partial charge in [0.05, 0.1) is 12.0 Å². The van der Waals surface area contributed by atoms with Gasteiger partial charge >= 0.3 is 0 Å². The smallest absolute Gasteiger partial charge is 0.173 e. The van der Waals surface area contributed by atoms with Crippen molar-refractivity contribution in [2.45, 2.75) is 18.9 Å². The van der Waals surface area contributed by atoms with Crippen LogP contribution in [0.3, 0.4) is 0 Å². The van der Waals surface area contributed by atoms with Crippen LogP contribution in [0.1, 0.15) is 39.1 Å². The molecular weight excluding hydrogens is 224 g/mol. The van der Waals surface area contributed by atoms with Crippen LogP contribution < -0.4 is 0 Å². The highest BCUT2D eigenvalue weighted by molar-refractivity contribution is 6.06. The SMILES string of the molecule is Cc1ccccc1C1C(=O)c2ccccc2C1O. The van der Waals surface area contributed by atoms with Crippen molar-refractivity contribution in [3.8, 4) is 0 Å². The first kappa shape index (κ1) is 11.2. The summed E-state index contributed by atoms with van der Waals surface area (Å²) in [6, 6.07) is 15.1. The summed E-state index contributed by atoms with van der Waals surface area (Å²) in [6.07, 6.45) is -0.727. The predicted octanol–water partition coefficient (Wildman–Crippen LogP) is 3.01. The van der Waals surface area contributed by atoms with E-state index in [1.165, 1.54) is 0 Å². The second-order valence-electron chi connectivity index (χ2n) is 4.73. The Morgan fingerprint density at radius 2 is 1.56 bits per heavy atom. The molecular formula is C16H14O2. The summed E-state index contributed by atoms with van der Waals surface area (Å²) < 4.78 is 0. The van der Waals surface area contributed by atoms with Gasteiger partial charge < -0.3 is 5.11 Å². The summed E-state index contributed by atoms with van der Waals surface area (Å²) >= 11 is 0. The van der Waals surface area contributed by atoms with Crippen molar-refractivity contribution in [3.63, 3.8) is 0 Å². The first-order valence-corrected chi connectivity index (χ1v) is 6.07. The van der Waals surface area contributed by atoms with Gasteiger partial charge in [0.25, 0.3) is 0 Å². The minimum Gasteiger partial charge on any atom is -0.387 e. The fourth-order valence-electron chi connectivity index (χ4n) is 2.72. The van der Waals surface area contributed by atoms with E-state index in [1.54, 1.807) is 6.07 Å². The molecule has 2 unspecified atom stereocenters. The molecule has 2 aromatic rings.